The SMILES string of the molecule is C.COc1ccc(CC(CN(C)C)C2(O)CCCCC2)cc1. The van der Waals surface area contributed by atoms with Gasteiger partial charge < -0.3 is 14.7 Å². The van der Waals surface area contributed by atoms with Crippen LogP contribution in [-0.2, 0) is 6.42 Å². The van der Waals surface area contributed by atoms with Gasteiger partial charge in [-0.15, -0.1) is 0 Å². The zero-order valence-corrected chi connectivity index (χ0v) is 13.6. The molecule has 0 aliphatic heterocycles. The largest absolute Gasteiger partial charge is 0.497 e. The normalized spacial score (nSPS) is 18.6. The van der Waals surface area contributed by atoms with Crippen molar-refractivity contribution in [3.63, 3.8) is 0 Å². The highest BCUT2D eigenvalue weighted by atomic mass is 16.5. The van der Waals surface area contributed by atoms with E-state index in [0.29, 0.717) is 5.92 Å². The molecule has 0 bridgehead atoms. The van der Waals surface area contributed by atoms with Gasteiger partial charge in [-0.05, 0) is 51.1 Å². The maximum atomic E-state index is 11.1. The summed E-state index contributed by atoms with van der Waals surface area (Å²) in [6.45, 7) is 0.933. The molecule has 1 aliphatic carbocycles. The lowest BCUT2D eigenvalue weighted by molar-refractivity contribution is -0.0560. The summed E-state index contributed by atoms with van der Waals surface area (Å²) in [7, 11) is 5.87. The number of nitrogens with zero attached hydrogens (tertiary/aromatic N) is 1. The topological polar surface area (TPSA) is 32.7 Å². The molecule has 1 unspecified atom stereocenters. The predicted molar refractivity (Wildman–Crippen MR) is 93.5 cm³/mol. The van der Waals surface area contributed by atoms with Crippen molar-refractivity contribution in [2.45, 2.75) is 51.6 Å². The minimum Gasteiger partial charge on any atom is -0.497 e. The zero-order chi connectivity index (χ0) is 15.3. The summed E-state index contributed by atoms with van der Waals surface area (Å²) in [6, 6.07) is 8.25. The van der Waals surface area contributed by atoms with E-state index in [1.807, 2.05) is 12.1 Å². The van der Waals surface area contributed by atoms with Crippen molar-refractivity contribution in [1.82, 2.24) is 4.90 Å². The van der Waals surface area contributed by atoms with Crippen LogP contribution in [0.25, 0.3) is 0 Å². The molecule has 2 rings (SSSR count). The summed E-state index contributed by atoms with van der Waals surface area (Å²) in [6.07, 6.45) is 6.40. The van der Waals surface area contributed by atoms with E-state index in [4.69, 9.17) is 4.74 Å². The molecule has 1 aliphatic rings. The van der Waals surface area contributed by atoms with E-state index >= 15 is 0 Å². The average molecular weight is 307 g/mol. The van der Waals surface area contributed by atoms with Crippen LogP contribution in [-0.4, -0.2) is 43.4 Å². The number of methoxy groups -OCH3 is 1. The van der Waals surface area contributed by atoms with E-state index in [9.17, 15) is 5.11 Å². The first-order valence-corrected chi connectivity index (χ1v) is 8.03. The van der Waals surface area contributed by atoms with Crippen LogP contribution in [0.15, 0.2) is 24.3 Å². The third kappa shape index (κ3) is 4.99. The van der Waals surface area contributed by atoms with Gasteiger partial charge in [0.15, 0.2) is 0 Å². The predicted octanol–water partition coefficient (Wildman–Crippen LogP) is 3.75. The van der Waals surface area contributed by atoms with Gasteiger partial charge in [0.2, 0.25) is 0 Å². The van der Waals surface area contributed by atoms with Gasteiger partial charge in [-0.2, -0.15) is 0 Å². The molecule has 0 heterocycles. The number of rotatable bonds is 6. The molecule has 1 atom stereocenters. The Balaban J connectivity index is 0.00000242. The van der Waals surface area contributed by atoms with E-state index in [-0.39, 0.29) is 7.43 Å². The second-order valence-electron chi connectivity index (χ2n) is 6.68. The van der Waals surface area contributed by atoms with Crippen molar-refractivity contribution in [3.8, 4) is 5.75 Å². The smallest absolute Gasteiger partial charge is 0.118 e. The van der Waals surface area contributed by atoms with Crippen molar-refractivity contribution in [2.24, 2.45) is 5.92 Å². The molecule has 0 radical (unpaired) electrons. The van der Waals surface area contributed by atoms with Gasteiger partial charge in [0.05, 0.1) is 12.7 Å². The Hall–Kier alpha value is -1.06. The van der Waals surface area contributed by atoms with E-state index in [1.165, 1.54) is 12.0 Å². The highest BCUT2D eigenvalue weighted by Crippen LogP contribution is 2.36. The molecule has 0 spiro atoms. The molecule has 1 aromatic carbocycles. The molecule has 1 N–H and O–H groups in total. The molecule has 0 amide bonds. The van der Waals surface area contributed by atoms with Crippen molar-refractivity contribution in [2.75, 3.05) is 27.7 Å². The average Bonchev–Trinajstić information content (AvgIpc) is 2.48. The Morgan fingerprint density at radius 2 is 1.73 bits per heavy atom. The van der Waals surface area contributed by atoms with E-state index in [2.05, 4.69) is 31.1 Å². The minimum absolute atomic E-state index is 0. The molecule has 1 saturated carbocycles. The lowest BCUT2D eigenvalue weighted by Crippen LogP contribution is -2.45. The van der Waals surface area contributed by atoms with Gasteiger partial charge in [0.25, 0.3) is 0 Å². The van der Waals surface area contributed by atoms with Gasteiger partial charge in [-0.1, -0.05) is 38.8 Å². The lowest BCUT2D eigenvalue weighted by Gasteiger charge is -2.40. The van der Waals surface area contributed by atoms with Crippen LogP contribution in [0.1, 0.15) is 45.1 Å². The van der Waals surface area contributed by atoms with E-state index in [0.717, 1.165) is 44.4 Å². The summed E-state index contributed by atoms with van der Waals surface area (Å²) < 4.78 is 5.22. The first kappa shape index (κ1) is 19.0. The summed E-state index contributed by atoms with van der Waals surface area (Å²) >= 11 is 0. The van der Waals surface area contributed by atoms with Gasteiger partial charge in [-0.25, -0.2) is 0 Å². The summed E-state index contributed by atoms with van der Waals surface area (Å²) in [4.78, 5) is 2.20. The molecular formula is C19H33NO2. The summed E-state index contributed by atoms with van der Waals surface area (Å²) in [5.74, 6) is 1.18. The zero-order valence-electron chi connectivity index (χ0n) is 13.6. The van der Waals surface area contributed by atoms with Gasteiger partial charge in [0, 0.05) is 12.5 Å². The number of hydrogen-bond donors (Lipinski definition) is 1. The molecule has 22 heavy (non-hydrogen) atoms. The van der Waals surface area contributed by atoms with Crippen LogP contribution in [0.5, 0.6) is 5.75 Å². The maximum Gasteiger partial charge on any atom is 0.118 e. The molecule has 3 nitrogen and oxygen atoms in total. The molecule has 126 valence electrons. The van der Waals surface area contributed by atoms with Crippen LogP contribution in [0.3, 0.4) is 0 Å². The Morgan fingerprint density at radius 3 is 2.23 bits per heavy atom. The van der Waals surface area contributed by atoms with Crippen LogP contribution >= 0.6 is 0 Å². The van der Waals surface area contributed by atoms with Gasteiger partial charge in [0.1, 0.15) is 5.75 Å². The standard InChI is InChI=1S/C18H29NO2.CH4/c1-19(2)14-16(18(20)11-5-4-6-12-18)13-15-7-9-17(21-3)10-8-15;/h7-10,16,20H,4-6,11-14H2,1-3H3;1H4. The van der Waals surface area contributed by atoms with E-state index < -0.39 is 5.60 Å². The van der Waals surface area contributed by atoms with Crippen molar-refractivity contribution < 1.29 is 9.84 Å². The fourth-order valence-electron chi connectivity index (χ4n) is 3.48. The number of ether oxygens (including phenoxy) is 1. The van der Waals surface area contributed by atoms with Crippen molar-refractivity contribution in [3.05, 3.63) is 29.8 Å². The molecule has 0 aromatic heterocycles. The second-order valence-corrected chi connectivity index (χ2v) is 6.68. The fraction of sp³-hybridized carbons (Fsp3) is 0.684. The lowest BCUT2D eigenvalue weighted by atomic mass is 9.73. The van der Waals surface area contributed by atoms with Crippen molar-refractivity contribution >= 4 is 0 Å². The van der Waals surface area contributed by atoms with Crippen LogP contribution < -0.4 is 4.74 Å². The monoisotopic (exact) mass is 307 g/mol. The highest BCUT2D eigenvalue weighted by molar-refractivity contribution is 5.27. The number of hydrogen-bond acceptors (Lipinski definition) is 3. The molecular weight excluding hydrogens is 274 g/mol. The molecule has 3 heteroatoms. The maximum absolute atomic E-state index is 11.1. The highest BCUT2D eigenvalue weighted by Gasteiger charge is 2.37. The Labute approximate surface area is 136 Å². The molecule has 0 saturated heterocycles. The first-order valence-electron chi connectivity index (χ1n) is 8.03. The summed E-state index contributed by atoms with van der Waals surface area (Å²) in [5.41, 5.74) is 0.782. The van der Waals surface area contributed by atoms with E-state index in [1.54, 1.807) is 7.11 Å². The third-order valence-corrected chi connectivity index (χ3v) is 4.71. The first-order chi connectivity index (χ1) is 10.0. The van der Waals surface area contributed by atoms with Crippen LogP contribution in [0.4, 0.5) is 0 Å². The third-order valence-electron chi connectivity index (χ3n) is 4.71. The van der Waals surface area contributed by atoms with Gasteiger partial charge in [-0.3, -0.25) is 0 Å². The Kier molecular flexibility index (Phi) is 7.37. The Morgan fingerprint density at radius 1 is 1.14 bits per heavy atom. The quantitative estimate of drug-likeness (QED) is 0.869. The number of aliphatic hydroxyl groups is 1. The summed E-state index contributed by atoms with van der Waals surface area (Å²) in [5, 5.41) is 11.1. The second kappa shape index (κ2) is 8.54. The molecule has 1 fully saturated rings. The minimum atomic E-state index is -0.498. The van der Waals surface area contributed by atoms with Gasteiger partial charge >= 0.3 is 0 Å². The fourth-order valence-corrected chi connectivity index (χ4v) is 3.48. The van der Waals surface area contributed by atoms with Crippen LogP contribution in [0, 0.1) is 5.92 Å². The Bertz CT molecular complexity index is 422. The number of benzene rings is 1. The van der Waals surface area contributed by atoms with Crippen LogP contribution in [0.2, 0.25) is 0 Å². The van der Waals surface area contributed by atoms with Crippen molar-refractivity contribution in [1.29, 1.82) is 0 Å². The molecule has 1 aromatic rings.